The van der Waals surface area contributed by atoms with Crippen molar-refractivity contribution < 1.29 is 9.47 Å². The lowest BCUT2D eigenvalue weighted by Gasteiger charge is -2.11. The van der Waals surface area contributed by atoms with Crippen LogP contribution in [0.5, 0.6) is 0 Å². The number of rotatable bonds is 7. The van der Waals surface area contributed by atoms with E-state index in [0.29, 0.717) is 13.2 Å². The molecule has 0 unspecified atom stereocenters. The van der Waals surface area contributed by atoms with E-state index >= 15 is 0 Å². The van der Waals surface area contributed by atoms with E-state index in [0.717, 1.165) is 0 Å². The van der Waals surface area contributed by atoms with Crippen LogP contribution in [0.25, 0.3) is 0 Å². The van der Waals surface area contributed by atoms with E-state index in [4.69, 9.17) is 9.47 Å². The summed E-state index contributed by atoms with van der Waals surface area (Å²) in [5.41, 5.74) is 0. The Morgan fingerprint density at radius 2 is 1.50 bits per heavy atom. The van der Waals surface area contributed by atoms with Crippen LogP contribution in [0.15, 0.2) is 36.5 Å². The van der Waals surface area contributed by atoms with Gasteiger partial charge >= 0.3 is 0 Å². The fraction of sp³-hybridized carbons (Fsp3) is 0.500. The zero-order valence-electron chi connectivity index (χ0n) is 9.27. The molecule has 0 heterocycles. The van der Waals surface area contributed by atoms with Gasteiger partial charge in [-0.3, -0.25) is 0 Å². The summed E-state index contributed by atoms with van der Waals surface area (Å²) in [5.74, 6) is 0. The zero-order valence-corrected chi connectivity index (χ0v) is 9.27. The van der Waals surface area contributed by atoms with Crippen molar-refractivity contribution in [1.82, 2.24) is 0 Å². The van der Waals surface area contributed by atoms with Crippen LogP contribution in [0.2, 0.25) is 0 Å². The molecule has 0 aliphatic rings. The van der Waals surface area contributed by atoms with Gasteiger partial charge in [0.2, 0.25) is 0 Å². The molecule has 2 nitrogen and oxygen atoms in total. The highest BCUT2D eigenvalue weighted by Crippen LogP contribution is 1.97. The van der Waals surface area contributed by atoms with E-state index < -0.39 is 0 Å². The van der Waals surface area contributed by atoms with Gasteiger partial charge in [0.1, 0.15) is 0 Å². The van der Waals surface area contributed by atoms with Gasteiger partial charge in [-0.25, -0.2) is 0 Å². The Bertz CT molecular complexity index is 186. The molecule has 0 saturated heterocycles. The fourth-order valence-electron chi connectivity index (χ4n) is 0.882. The number of allylic oxidation sites excluding steroid dienone is 5. The second kappa shape index (κ2) is 10.2. The molecule has 0 bridgehead atoms. The highest BCUT2D eigenvalue weighted by Gasteiger charge is 1.99. The molecule has 0 atom stereocenters. The van der Waals surface area contributed by atoms with Gasteiger partial charge < -0.3 is 9.47 Å². The van der Waals surface area contributed by atoms with Crippen LogP contribution in [0.1, 0.15) is 20.8 Å². The van der Waals surface area contributed by atoms with Crippen LogP contribution >= 0.6 is 0 Å². The maximum absolute atomic E-state index is 5.33. The summed E-state index contributed by atoms with van der Waals surface area (Å²) in [6, 6.07) is 0. The summed E-state index contributed by atoms with van der Waals surface area (Å²) in [6.07, 6.45) is 11.5. The van der Waals surface area contributed by atoms with Crippen LogP contribution in [0.4, 0.5) is 0 Å². The van der Waals surface area contributed by atoms with E-state index in [9.17, 15) is 0 Å². The van der Waals surface area contributed by atoms with Crippen molar-refractivity contribution in [3.63, 3.8) is 0 Å². The monoisotopic (exact) mass is 196 g/mol. The molecule has 0 aromatic rings. The lowest BCUT2D eigenvalue weighted by molar-refractivity contribution is -0.103. The molecule has 0 spiro atoms. The predicted molar refractivity (Wildman–Crippen MR) is 60.1 cm³/mol. The van der Waals surface area contributed by atoms with Gasteiger partial charge in [0, 0.05) is 13.2 Å². The minimum atomic E-state index is -0.222. The van der Waals surface area contributed by atoms with Crippen molar-refractivity contribution in [2.75, 3.05) is 13.2 Å². The molecule has 0 radical (unpaired) electrons. The number of hydrogen-bond donors (Lipinski definition) is 0. The van der Waals surface area contributed by atoms with Crippen molar-refractivity contribution in [3.05, 3.63) is 36.5 Å². The van der Waals surface area contributed by atoms with Crippen LogP contribution in [0, 0.1) is 0 Å². The molecular weight excluding hydrogens is 176 g/mol. The molecule has 0 aliphatic heterocycles. The van der Waals surface area contributed by atoms with Gasteiger partial charge in [-0.1, -0.05) is 30.4 Å². The molecule has 0 amide bonds. The summed E-state index contributed by atoms with van der Waals surface area (Å²) in [6.45, 7) is 7.21. The van der Waals surface area contributed by atoms with Crippen LogP contribution in [-0.2, 0) is 9.47 Å². The van der Waals surface area contributed by atoms with Crippen molar-refractivity contribution in [2.24, 2.45) is 0 Å². The average molecular weight is 196 g/mol. The number of hydrogen-bond acceptors (Lipinski definition) is 2. The Kier molecular flexibility index (Phi) is 9.59. The molecule has 2 heteroatoms. The molecular formula is C12H20O2. The van der Waals surface area contributed by atoms with Gasteiger partial charge in [-0.2, -0.15) is 0 Å². The number of ether oxygens (including phenoxy) is 2. The third-order valence-electron chi connectivity index (χ3n) is 1.46. The lowest BCUT2D eigenvalue weighted by Crippen LogP contribution is -2.13. The summed E-state index contributed by atoms with van der Waals surface area (Å²) < 4.78 is 10.7. The van der Waals surface area contributed by atoms with Crippen molar-refractivity contribution >= 4 is 0 Å². The first kappa shape index (κ1) is 13.1. The largest absolute Gasteiger partial charge is 0.349 e. The molecule has 0 aromatic heterocycles. The maximum atomic E-state index is 5.33. The molecule has 0 fully saturated rings. The van der Waals surface area contributed by atoms with E-state index in [1.54, 1.807) is 0 Å². The molecule has 14 heavy (non-hydrogen) atoms. The van der Waals surface area contributed by atoms with Crippen molar-refractivity contribution in [2.45, 2.75) is 27.1 Å². The van der Waals surface area contributed by atoms with Crippen molar-refractivity contribution in [3.8, 4) is 0 Å². The van der Waals surface area contributed by atoms with Crippen LogP contribution < -0.4 is 0 Å². The minimum absolute atomic E-state index is 0.222. The Balaban J connectivity index is 3.87. The Hall–Kier alpha value is -0.860. The van der Waals surface area contributed by atoms with Crippen molar-refractivity contribution in [1.29, 1.82) is 0 Å². The third kappa shape index (κ3) is 7.77. The zero-order chi connectivity index (χ0) is 10.6. The smallest absolute Gasteiger partial charge is 0.177 e. The van der Waals surface area contributed by atoms with Gasteiger partial charge in [-0.05, 0) is 26.8 Å². The van der Waals surface area contributed by atoms with Gasteiger partial charge in [0.15, 0.2) is 6.29 Å². The normalized spacial score (nSPS) is 12.9. The van der Waals surface area contributed by atoms with E-state index in [-0.39, 0.29) is 6.29 Å². The summed E-state index contributed by atoms with van der Waals surface area (Å²) in [4.78, 5) is 0. The average Bonchev–Trinajstić information content (AvgIpc) is 2.18. The molecule has 0 aromatic carbocycles. The molecule has 0 aliphatic carbocycles. The maximum Gasteiger partial charge on any atom is 0.177 e. The van der Waals surface area contributed by atoms with Gasteiger partial charge in [0.05, 0.1) is 0 Å². The quantitative estimate of drug-likeness (QED) is 0.460. The first-order valence-electron chi connectivity index (χ1n) is 5.04. The third-order valence-corrected chi connectivity index (χ3v) is 1.46. The molecule has 0 rings (SSSR count). The second-order valence-electron chi connectivity index (χ2n) is 2.57. The first-order chi connectivity index (χ1) is 6.85. The second-order valence-corrected chi connectivity index (χ2v) is 2.57. The van der Waals surface area contributed by atoms with Crippen LogP contribution in [-0.4, -0.2) is 19.5 Å². The Labute approximate surface area is 86.9 Å². The Morgan fingerprint density at radius 1 is 0.929 bits per heavy atom. The van der Waals surface area contributed by atoms with E-state index in [1.165, 1.54) is 0 Å². The highest BCUT2D eigenvalue weighted by molar-refractivity contribution is 5.11. The standard InChI is InChI=1S/C12H20O2/c1-4-7-8-9-10-11-12(13-5-2)14-6-3/h4,7-12H,5-6H2,1-3H3. The molecule has 0 saturated carbocycles. The van der Waals surface area contributed by atoms with E-state index in [2.05, 4.69) is 0 Å². The lowest BCUT2D eigenvalue weighted by atomic mass is 10.4. The first-order valence-corrected chi connectivity index (χ1v) is 5.04. The van der Waals surface area contributed by atoms with Gasteiger partial charge in [0.25, 0.3) is 0 Å². The fourth-order valence-corrected chi connectivity index (χ4v) is 0.882. The Morgan fingerprint density at radius 3 is 2.00 bits per heavy atom. The van der Waals surface area contributed by atoms with Gasteiger partial charge in [-0.15, -0.1) is 0 Å². The summed E-state index contributed by atoms with van der Waals surface area (Å²) >= 11 is 0. The summed E-state index contributed by atoms with van der Waals surface area (Å²) in [5, 5.41) is 0. The topological polar surface area (TPSA) is 18.5 Å². The van der Waals surface area contributed by atoms with Crippen LogP contribution in [0.3, 0.4) is 0 Å². The molecule has 0 N–H and O–H groups in total. The SMILES string of the molecule is CC=CC=CC=CC(OCC)OCC. The minimum Gasteiger partial charge on any atom is -0.349 e. The van der Waals surface area contributed by atoms with E-state index in [1.807, 2.05) is 57.2 Å². The highest BCUT2D eigenvalue weighted by atomic mass is 16.7. The molecule has 80 valence electrons. The predicted octanol–water partition coefficient (Wildman–Crippen LogP) is 3.07. The summed E-state index contributed by atoms with van der Waals surface area (Å²) in [7, 11) is 0.